The summed E-state index contributed by atoms with van der Waals surface area (Å²) < 4.78 is 7.06. The molecule has 2 N–H and O–H groups in total. The molecule has 0 bridgehead atoms. The summed E-state index contributed by atoms with van der Waals surface area (Å²) in [6.07, 6.45) is 5.44. The molecule has 3 heterocycles. The predicted molar refractivity (Wildman–Crippen MR) is 70.4 cm³/mol. The van der Waals surface area contributed by atoms with E-state index in [1.807, 2.05) is 30.5 Å². The van der Waals surface area contributed by atoms with Crippen molar-refractivity contribution in [1.82, 2.24) is 19.6 Å². The topological polar surface area (TPSA) is 82.2 Å². The molecular weight excluding hydrogens is 242 g/mol. The predicted octanol–water partition coefficient (Wildman–Crippen LogP) is 2.12. The zero-order valence-corrected chi connectivity index (χ0v) is 9.82. The van der Waals surface area contributed by atoms with Gasteiger partial charge in [0.15, 0.2) is 11.2 Å². The van der Waals surface area contributed by atoms with Gasteiger partial charge in [-0.25, -0.2) is 9.50 Å². The van der Waals surface area contributed by atoms with Crippen LogP contribution in [0.1, 0.15) is 0 Å². The Morgan fingerprint density at radius 2 is 2.11 bits per heavy atom. The van der Waals surface area contributed by atoms with Gasteiger partial charge < -0.3 is 10.2 Å². The fraction of sp³-hybridized carbons (Fsp3) is 0. The molecule has 0 radical (unpaired) electrons. The SMILES string of the molecule is Nc1nc2ccc(-c3cnc4ccnn4c3)cc2o1. The van der Waals surface area contributed by atoms with E-state index in [1.165, 1.54) is 0 Å². The lowest BCUT2D eigenvalue weighted by Crippen LogP contribution is -1.90. The Morgan fingerprint density at radius 3 is 3.05 bits per heavy atom. The molecule has 0 aliphatic carbocycles. The van der Waals surface area contributed by atoms with Crippen molar-refractivity contribution in [2.45, 2.75) is 0 Å². The first-order valence-corrected chi connectivity index (χ1v) is 5.75. The van der Waals surface area contributed by atoms with Crippen LogP contribution in [0.3, 0.4) is 0 Å². The number of oxazole rings is 1. The Kier molecular flexibility index (Phi) is 1.88. The zero-order valence-electron chi connectivity index (χ0n) is 9.82. The second-order valence-electron chi connectivity index (χ2n) is 4.21. The molecule has 0 saturated carbocycles. The number of fused-ring (bicyclic) bond motifs is 2. The highest BCUT2D eigenvalue weighted by Crippen LogP contribution is 2.25. The second-order valence-corrected chi connectivity index (χ2v) is 4.21. The van der Waals surface area contributed by atoms with Crippen LogP contribution in [0.15, 0.2) is 47.3 Å². The Bertz CT molecular complexity index is 892. The third kappa shape index (κ3) is 1.54. The molecular formula is C13H9N5O. The van der Waals surface area contributed by atoms with E-state index in [1.54, 1.807) is 16.9 Å². The molecule has 0 spiro atoms. The molecule has 1 aromatic carbocycles. The maximum atomic E-state index is 5.54. The minimum Gasteiger partial charge on any atom is -0.424 e. The summed E-state index contributed by atoms with van der Waals surface area (Å²) >= 11 is 0. The lowest BCUT2D eigenvalue weighted by atomic mass is 10.1. The summed E-state index contributed by atoms with van der Waals surface area (Å²) in [5.41, 5.74) is 9.69. The normalized spacial score (nSPS) is 11.4. The second kappa shape index (κ2) is 3.55. The van der Waals surface area contributed by atoms with Gasteiger partial charge in [-0.1, -0.05) is 6.07 Å². The molecule has 6 nitrogen and oxygen atoms in total. The number of nitrogens with zero attached hydrogens (tertiary/aromatic N) is 4. The quantitative estimate of drug-likeness (QED) is 0.560. The summed E-state index contributed by atoms with van der Waals surface area (Å²) in [6.45, 7) is 0. The maximum Gasteiger partial charge on any atom is 0.292 e. The van der Waals surface area contributed by atoms with Gasteiger partial charge in [-0.05, 0) is 17.7 Å². The van der Waals surface area contributed by atoms with Crippen molar-refractivity contribution in [1.29, 1.82) is 0 Å². The molecule has 0 atom stereocenters. The number of hydrogen-bond acceptors (Lipinski definition) is 5. The third-order valence-corrected chi connectivity index (χ3v) is 2.98. The first kappa shape index (κ1) is 10.1. The molecule has 92 valence electrons. The first-order chi connectivity index (χ1) is 9.29. The van der Waals surface area contributed by atoms with Crippen molar-refractivity contribution in [3.05, 3.63) is 42.9 Å². The molecule has 19 heavy (non-hydrogen) atoms. The Hall–Kier alpha value is -2.89. The fourth-order valence-corrected chi connectivity index (χ4v) is 2.08. The number of anilines is 1. The van der Waals surface area contributed by atoms with Gasteiger partial charge >= 0.3 is 0 Å². The van der Waals surface area contributed by atoms with Crippen LogP contribution >= 0.6 is 0 Å². The number of rotatable bonds is 1. The van der Waals surface area contributed by atoms with Crippen LogP contribution in [0, 0.1) is 0 Å². The van der Waals surface area contributed by atoms with E-state index in [0.29, 0.717) is 5.58 Å². The summed E-state index contributed by atoms with van der Waals surface area (Å²) in [5, 5.41) is 4.17. The average molecular weight is 251 g/mol. The van der Waals surface area contributed by atoms with Crippen LogP contribution in [0.2, 0.25) is 0 Å². The monoisotopic (exact) mass is 251 g/mol. The molecule has 0 saturated heterocycles. The highest BCUT2D eigenvalue weighted by molar-refractivity contribution is 5.81. The summed E-state index contributed by atoms with van der Waals surface area (Å²) in [7, 11) is 0. The molecule has 0 amide bonds. The molecule has 0 unspecified atom stereocenters. The van der Waals surface area contributed by atoms with E-state index in [2.05, 4.69) is 15.1 Å². The third-order valence-electron chi connectivity index (χ3n) is 2.98. The van der Waals surface area contributed by atoms with Crippen LogP contribution in [0.4, 0.5) is 6.01 Å². The van der Waals surface area contributed by atoms with E-state index in [4.69, 9.17) is 10.2 Å². The van der Waals surface area contributed by atoms with Gasteiger partial charge in [-0.15, -0.1) is 0 Å². The number of nitrogen functional groups attached to an aromatic ring is 1. The molecule has 0 aliphatic heterocycles. The Morgan fingerprint density at radius 1 is 1.16 bits per heavy atom. The van der Waals surface area contributed by atoms with E-state index >= 15 is 0 Å². The number of hydrogen-bond donors (Lipinski definition) is 1. The van der Waals surface area contributed by atoms with Crippen LogP contribution in [-0.2, 0) is 0 Å². The first-order valence-electron chi connectivity index (χ1n) is 5.75. The van der Waals surface area contributed by atoms with Crippen molar-refractivity contribution in [2.75, 3.05) is 5.73 Å². The van der Waals surface area contributed by atoms with Gasteiger partial charge in [0.25, 0.3) is 6.01 Å². The molecule has 4 rings (SSSR count). The molecule has 3 aromatic heterocycles. The largest absolute Gasteiger partial charge is 0.424 e. The van der Waals surface area contributed by atoms with Crippen molar-refractivity contribution >= 4 is 22.8 Å². The van der Waals surface area contributed by atoms with Crippen LogP contribution in [-0.4, -0.2) is 19.6 Å². The van der Waals surface area contributed by atoms with Gasteiger partial charge in [0, 0.05) is 24.0 Å². The van der Waals surface area contributed by atoms with Gasteiger partial charge in [0.05, 0.1) is 6.20 Å². The van der Waals surface area contributed by atoms with Gasteiger partial charge in [-0.3, -0.25) is 0 Å². The van der Waals surface area contributed by atoms with Gasteiger partial charge in [-0.2, -0.15) is 10.1 Å². The summed E-state index contributed by atoms with van der Waals surface area (Å²) in [6, 6.07) is 7.75. The smallest absolute Gasteiger partial charge is 0.292 e. The minimum atomic E-state index is 0.174. The average Bonchev–Trinajstić information content (AvgIpc) is 3.01. The van der Waals surface area contributed by atoms with E-state index < -0.39 is 0 Å². The van der Waals surface area contributed by atoms with E-state index in [9.17, 15) is 0 Å². The fourth-order valence-electron chi connectivity index (χ4n) is 2.08. The number of benzene rings is 1. The maximum absolute atomic E-state index is 5.54. The number of nitrogens with two attached hydrogens (primary N) is 1. The van der Waals surface area contributed by atoms with Gasteiger partial charge in [0.2, 0.25) is 0 Å². The van der Waals surface area contributed by atoms with Crippen LogP contribution in [0.5, 0.6) is 0 Å². The van der Waals surface area contributed by atoms with Crippen molar-refractivity contribution < 1.29 is 4.42 Å². The Labute approximate surface area is 107 Å². The summed E-state index contributed by atoms with van der Waals surface area (Å²) in [4.78, 5) is 8.40. The minimum absolute atomic E-state index is 0.174. The molecule has 0 aliphatic rings. The summed E-state index contributed by atoms with van der Waals surface area (Å²) in [5.74, 6) is 0. The van der Waals surface area contributed by atoms with E-state index in [-0.39, 0.29) is 6.01 Å². The van der Waals surface area contributed by atoms with Gasteiger partial charge in [0.1, 0.15) is 5.52 Å². The van der Waals surface area contributed by atoms with Crippen molar-refractivity contribution in [3.8, 4) is 11.1 Å². The number of aromatic nitrogens is 4. The van der Waals surface area contributed by atoms with Crippen LogP contribution in [0.25, 0.3) is 27.9 Å². The standard InChI is InChI=1S/C13H9N5O/c14-13-17-10-2-1-8(5-11(10)19-13)9-6-15-12-3-4-16-18(12)7-9/h1-7H,(H2,14,17). The highest BCUT2D eigenvalue weighted by atomic mass is 16.4. The highest BCUT2D eigenvalue weighted by Gasteiger charge is 2.06. The molecule has 6 heteroatoms. The van der Waals surface area contributed by atoms with Crippen molar-refractivity contribution in [3.63, 3.8) is 0 Å². The molecule has 4 aromatic rings. The lowest BCUT2D eigenvalue weighted by molar-refractivity contribution is 0.626. The van der Waals surface area contributed by atoms with Crippen molar-refractivity contribution in [2.24, 2.45) is 0 Å². The van der Waals surface area contributed by atoms with E-state index in [0.717, 1.165) is 22.3 Å². The zero-order chi connectivity index (χ0) is 12.8. The van der Waals surface area contributed by atoms with Crippen LogP contribution < -0.4 is 5.73 Å². The molecule has 0 fully saturated rings. The lowest BCUT2D eigenvalue weighted by Gasteiger charge is -2.01. The Balaban J connectivity index is 1.91.